The van der Waals surface area contributed by atoms with Gasteiger partial charge in [-0.3, -0.25) is 9.63 Å². The molecular weight excluding hydrogens is 584 g/mol. The van der Waals surface area contributed by atoms with E-state index in [1.54, 1.807) is 36.4 Å². The Bertz CT molecular complexity index is 1490. The number of hydrogen-bond acceptors (Lipinski definition) is 9. The molecule has 1 amide bonds. The molecule has 1 aromatic heterocycles. The predicted molar refractivity (Wildman–Crippen MR) is 164 cm³/mol. The zero-order valence-electron chi connectivity index (χ0n) is 23.5. The van der Waals surface area contributed by atoms with Crippen LogP contribution in [0.15, 0.2) is 49.3 Å². The molecule has 5 rings (SSSR count). The summed E-state index contributed by atoms with van der Waals surface area (Å²) >= 11 is 12.1. The van der Waals surface area contributed by atoms with Gasteiger partial charge in [0.15, 0.2) is 5.82 Å². The Morgan fingerprint density at radius 1 is 1.21 bits per heavy atom. The Morgan fingerprint density at radius 2 is 2.02 bits per heavy atom. The second-order valence-corrected chi connectivity index (χ2v) is 11.0. The minimum atomic E-state index is -0.592. The van der Waals surface area contributed by atoms with Crippen molar-refractivity contribution in [1.29, 1.82) is 0 Å². The van der Waals surface area contributed by atoms with E-state index < -0.39 is 11.9 Å². The number of nitrogens with zero attached hydrogens (tertiary/aromatic N) is 5. The van der Waals surface area contributed by atoms with E-state index in [4.69, 9.17) is 32.8 Å². The molecule has 2 aromatic carbocycles. The molecule has 2 aliphatic heterocycles. The number of anilines is 5. The van der Waals surface area contributed by atoms with Gasteiger partial charge in [-0.1, -0.05) is 35.8 Å². The monoisotopic (exact) mass is 615 g/mol. The van der Waals surface area contributed by atoms with Crippen molar-refractivity contribution in [2.24, 2.45) is 0 Å². The topological polar surface area (TPSA) is 95.1 Å². The minimum absolute atomic E-state index is 0.132. The van der Waals surface area contributed by atoms with E-state index in [0.717, 1.165) is 25.2 Å². The summed E-state index contributed by atoms with van der Waals surface area (Å²) in [6.45, 7) is 5.60. The first-order valence-electron chi connectivity index (χ1n) is 13.4. The molecule has 2 atom stereocenters. The highest BCUT2D eigenvalue weighted by atomic mass is 35.5. The summed E-state index contributed by atoms with van der Waals surface area (Å²) in [7, 11) is 5.71. The molecule has 0 saturated carbocycles. The summed E-state index contributed by atoms with van der Waals surface area (Å²) in [5, 5.41) is 7.75. The van der Waals surface area contributed by atoms with Crippen LogP contribution < -0.4 is 25.3 Å². The molecule has 3 aromatic rings. The van der Waals surface area contributed by atoms with Gasteiger partial charge < -0.3 is 25.2 Å². The second kappa shape index (κ2) is 12.7. The Balaban J connectivity index is 1.45. The minimum Gasteiger partial charge on any atom is -0.494 e. The lowest BCUT2D eigenvalue weighted by molar-refractivity contribution is -0.111. The molecule has 10 nitrogen and oxygen atoms in total. The van der Waals surface area contributed by atoms with Gasteiger partial charge in [0.2, 0.25) is 5.91 Å². The van der Waals surface area contributed by atoms with Crippen molar-refractivity contribution in [3.05, 3.63) is 70.7 Å². The van der Waals surface area contributed by atoms with Gasteiger partial charge in [0.05, 0.1) is 46.9 Å². The average molecular weight is 617 g/mol. The second-order valence-electron chi connectivity index (χ2n) is 10.2. The lowest BCUT2D eigenvalue weighted by atomic mass is 10.0. The zero-order valence-corrected chi connectivity index (χ0v) is 25.0. The van der Waals surface area contributed by atoms with E-state index in [1.807, 2.05) is 6.07 Å². The first kappa shape index (κ1) is 29.8. The van der Waals surface area contributed by atoms with Crippen molar-refractivity contribution in [2.45, 2.75) is 24.9 Å². The van der Waals surface area contributed by atoms with Crippen molar-refractivity contribution in [2.75, 3.05) is 61.5 Å². The van der Waals surface area contributed by atoms with Crippen molar-refractivity contribution >= 4 is 57.8 Å². The van der Waals surface area contributed by atoms with Gasteiger partial charge in [0, 0.05) is 43.2 Å². The number of aromatic nitrogens is 2. The van der Waals surface area contributed by atoms with Gasteiger partial charge in [0.1, 0.15) is 23.7 Å². The third-order valence-electron chi connectivity index (χ3n) is 7.47. The summed E-state index contributed by atoms with van der Waals surface area (Å²) in [6, 6.07) is 8.48. The predicted octanol–water partition coefficient (Wildman–Crippen LogP) is 5.82. The van der Waals surface area contributed by atoms with Crippen LogP contribution in [0.3, 0.4) is 0 Å². The molecule has 0 spiro atoms. The number of rotatable bonds is 9. The number of nitrogens with one attached hydrogen (secondary N) is 2. The molecule has 2 fully saturated rings. The van der Waals surface area contributed by atoms with E-state index in [0.29, 0.717) is 53.4 Å². The average Bonchev–Trinajstić information content (AvgIpc) is 3.67. The van der Waals surface area contributed by atoms with Crippen LogP contribution in [0.25, 0.3) is 0 Å². The van der Waals surface area contributed by atoms with E-state index in [-0.39, 0.29) is 16.0 Å². The first-order valence-corrected chi connectivity index (χ1v) is 14.2. The fourth-order valence-corrected chi connectivity index (χ4v) is 5.53. The van der Waals surface area contributed by atoms with Crippen LogP contribution in [0.5, 0.6) is 5.75 Å². The maximum Gasteiger partial charge on any atom is 0.247 e. The molecule has 3 heterocycles. The standard InChI is InChI=1S/C29H32Cl2FN7O3/c1-5-27(40)36-20-12-21(24(41-4)13-23(20)38-10-8-17(15-38)37(2)3)35-25-14-26(34-16-33-25)39-22(9-11-42-39)18-6-7-19(30)28(31)29(18)32/h5-7,12-14,16-17,22H,1,8-11,15H2,2-4H3,(H,36,40)(H,33,34,35). The largest absolute Gasteiger partial charge is 0.494 e. The van der Waals surface area contributed by atoms with Crippen LogP contribution in [0.2, 0.25) is 10.0 Å². The quantitative estimate of drug-likeness (QED) is 0.228. The molecule has 0 aliphatic carbocycles. The normalized spacial score (nSPS) is 18.5. The number of amides is 1. The number of ether oxygens (including phenoxy) is 1. The van der Waals surface area contributed by atoms with Crippen LogP contribution in [0.4, 0.5) is 33.1 Å². The van der Waals surface area contributed by atoms with Gasteiger partial charge >= 0.3 is 0 Å². The summed E-state index contributed by atoms with van der Waals surface area (Å²) in [6.07, 6.45) is 4.14. The van der Waals surface area contributed by atoms with Crippen LogP contribution in [-0.2, 0) is 9.63 Å². The maximum absolute atomic E-state index is 15.0. The molecular formula is C29H32Cl2FN7O3. The summed E-state index contributed by atoms with van der Waals surface area (Å²) in [5.74, 6) is 0.494. The lowest BCUT2D eigenvalue weighted by Gasteiger charge is -2.26. The number of carbonyl (C=O) groups is 1. The zero-order chi connectivity index (χ0) is 30.0. The molecule has 2 aliphatic rings. The van der Waals surface area contributed by atoms with Crippen LogP contribution in [0, 0.1) is 5.82 Å². The van der Waals surface area contributed by atoms with E-state index in [1.165, 1.54) is 12.4 Å². The van der Waals surface area contributed by atoms with Crippen LogP contribution in [0.1, 0.15) is 24.4 Å². The smallest absolute Gasteiger partial charge is 0.247 e. The highest BCUT2D eigenvalue weighted by Crippen LogP contribution is 2.41. The third kappa shape index (κ3) is 6.10. The van der Waals surface area contributed by atoms with Crippen LogP contribution >= 0.6 is 23.2 Å². The SMILES string of the molecule is C=CC(=O)Nc1cc(Nc2cc(N3OCCC3c3ccc(Cl)c(Cl)c3F)ncn2)c(OC)cc1N1CCC(N(C)C)C1. The Hall–Kier alpha value is -3.64. The fraction of sp³-hybridized carbons (Fsp3) is 0.345. The molecule has 222 valence electrons. The number of carbonyl (C=O) groups excluding carboxylic acids is 1. The number of methoxy groups -OCH3 is 1. The number of hydroxylamine groups is 1. The Morgan fingerprint density at radius 3 is 2.74 bits per heavy atom. The third-order valence-corrected chi connectivity index (χ3v) is 8.25. The molecule has 2 unspecified atom stereocenters. The Kier molecular flexibility index (Phi) is 9.02. The van der Waals surface area contributed by atoms with Crippen molar-refractivity contribution in [3.8, 4) is 5.75 Å². The lowest BCUT2D eigenvalue weighted by Crippen LogP contribution is -2.31. The molecule has 2 saturated heterocycles. The number of likely N-dealkylation sites (N-methyl/N-ethyl adjacent to an activating group) is 1. The van der Waals surface area contributed by atoms with Crippen molar-refractivity contribution < 1.29 is 18.8 Å². The van der Waals surface area contributed by atoms with Gasteiger partial charge in [-0.2, -0.15) is 0 Å². The van der Waals surface area contributed by atoms with Crippen molar-refractivity contribution in [3.63, 3.8) is 0 Å². The molecule has 0 bridgehead atoms. The van der Waals surface area contributed by atoms with E-state index >= 15 is 4.39 Å². The van der Waals surface area contributed by atoms with Gasteiger partial charge in [-0.15, -0.1) is 0 Å². The van der Waals surface area contributed by atoms with Crippen molar-refractivity contribution in [1.82, 2.24) is 14.9 Å². The number of hydrogen-bond donors (Lipinski definition) is 2. The van der Waals surface area contributed by atoms with E-state index in [9.17, 15) is 4.79 Å². The fourth-order valence-electron chi connectivity index (χ4n) is 5.21. The first-order chi connectivity index (χ1) is 20.2. The number of benzene rings is 2. The molecule has 2 N–H and O–H groups in total. The van der Waals surface area contributed by atoms with Crippen LogP contribution in [-0.4, -0.2) is 67.7 Å². The van der Waals surface area contributed by atoms with Gasteiger partial charge in [0.25, 0.3) is 0 Å². The summed E-state index contributed by atoms with van der Waals surface area (Å²) in [4.78, 5) is 31.4. The van der Waals surface area contributed by atoms with Gasteiger partial charge in [-0.25, -0.2) is 19.4 Å². The Labute approximate surface area is 254 Å². The van der Waals surface area contributed by atoms with E-state index in [2.05, 4.69) is 51.1 Å². The maximum atomic E-state index is 15.0. The summed E-state index contributed by atoms with van der Waals surface area (Å²) in [5.41, 5.74) is 2.38. The molecule has 42 heavy (non-hydrogen) atoms. The molecule has 13 heteroatoms. The highest BCUT2D eigenvalue weighted by molar-refractivity contribution is 6.42. The highest BCUT2D eigenvalue weighted by Gasteiger charge is 2.32. The number of halogens is 3. The summed E-state index contributed by atoms with van der Waals surface area (Å²) < 4.78 is 20.8. The molecule has 0 radical (unpaired) electrons. The van der Waals surface area contributed by atoms with Gasteiger partial charge in [-0.05, 0) is 38.7 Å².